The van der Waals surface area contributed by atoms with Gasteiger partial charge in [0.1, 0.15) is 11.6 Å². The molecule has 0 fully saturated rings. The second kappa shape index (κ2) is 3.86. The summed E-state index contributed by atoms with van der Waals surface area (Å²) in [7, 11) is 0. The Hall–Kier alpha value is -1.07. The zero-order chi connectivity index (χ0) is 6.69. The van der Waals surface area contributed by atoms with Crippen LogP contribution in [0.4, 0.5) is 0 Å². The van der Waals surface area contributed by atoms with E-state index in [-0.39, 0.29) is 12.4 Å². The van der Waals surface area contributed by atoms with Gasteiger partial charge in [0.05, 0.1) is 0 Å². The van der Waals surface area contributed by atoms with Gasteiger partial charge in [-0.1, -0.05) is 0 Å². The summed E-state index contributed by atoms with van der Waals surface area (Å²) >= 11 is 0. The first kappa shape index (κ1) is 8.93. The summed E-state index contributed by atoms with van der Waals surface area (Å²) in [5.74, 6) is 0. The molecule has 3 heteroatoms. The predicted octanol–water partition coefficient (Wildman–Crippen LogP) is -2.32. The fraction of sp³-hybridized carbons (Fsp3) is 0.143. The number of nitriles is 1. The molecular formula is C7H7ClN2. The molecule has 0 aliphatic carbocycles. The van der Waals surface area contributed by atoms with Crippen molar-refractivity contribution in [3.8, 4) is 6.07 Å². The zero-order valence-electron chi connectivity index (χ0n) is 5.56. The first-order valence-corrected chi connectivity index (χ1v) is 2.71. The summed E-state index contributed by atoms with van der Waals surface area (Å²) in [4.78, 5) is 2.86. The molecule has 2 nitrogen and oxygen atoms in total. The highest BCUT2D eigenvalue weighted by molar-refractivity contribution is 5.25. The largest absolute Gasteiger partial charge is 1.00 e. The molecule has 0 atom stereocenters. The monoisotopic (exact) mass is 154 g/mol. The third-order valence-corrected chi connectivity index (χ3v) is 1.06. The van der Waals surface area contributed by atoms with Crippen molar-refractivity contribution in [2.45, 2.75) is 6.92 Å². The fourth-order valence-corrected chi connectivity index (χ4v) is 0.656. The Kier molecular flexibility index (Phi) is 3.45. The SMILES string of the molecule is Cc1c[nH+]cc(C#N)c1.[Cl-]. The Morgan fingerprint density at radius 3 is 2.60 bits per heavy atom. The number of H-pyrrole nitrogens is 1. The molecule has 0 saturated carbocycles. The van der Waals surface area contributed by atoms with Gasteiger partial charge in [-0.25, -0.2) is 4.98 Å². The predicted molar refractivity (Wildman–Crippen MR) is 32.4 cm³/mol. The number of rotatable bonds is 0. The standard InChI is InChI=1S/C7H6N2.ClH/c1-6-2-7(3-8)5-9-4-6;/h2,4-5H,1H3;1H. The molecule has 0 aliphatic rings. The molecule has 1 N–H and O–H groups in total. The van der Waals surface area contributed by atoms with E-state index in [1.54, 1.807) is 6.20 Å². The number of aromatic amines is 1. The molecule has 10 heavy (non-hydrogen) atoms. The normalized spacial score (nSPS) is 7.60. The van der Waals surface area contributed by atoms with Gasteiger partial charge < -0.3 is 12.4 Å². The highest BCUT2D eigenvalue weighted by atomic mass is 35.5. The summed E-state index contributed by atoms with van der Waals surface area (Å²) in [5, 5.41) is 8.39. The smallest absolute Gasteiger partial charge is 0.184 e. The van der Waals surface area contributed by atoms with Crippen molar-refractivity contribution in [2.75, 3.05) is 0 Å². The van der Waals surface area contributed by atoms with Gasteiger partial charge in [0, 0.05) is 5.56 Å². The van der Waals surface area contributed by atoms with Crippen molar-refractivity contribution in [3.05, 3.63) is 29.6 Å². The van der Waals surface area contributed by atoms with Crippen LogP contribution >= 0.6 is 0 Å². The molecule has 1 rings (SSSR count). The number of nitrogens with zero attached hydrogens (tertiary/aromatic N) is 1. The Morgan fingerprint density at radius 2 is 2.20 bits per heavy atom. The number of nitrogens with one attached hydrogen (secondary N) is 1. The summed E-state index contributed by atoms with van der Waals surface area (Å²) in [6.07, 6.45) is 3.52. The van der Waals surface area contributed by atoms with Crippen LogP contribution in [0.5, 0.6) is 0 Å². The molecule has 0 radical (unpaired) electrons. The van der Waals surface area contributed by atoms with Gasteiger partial charge in [0.2, 0.25) is 0 Å². The quantitative estimate of drug-likeness (QED) is 0.414. The summed E-state index contributed by atoms with van der Waals surface area (Å²) in [6, 6.07) is 3.87. The molecule has 0 spiro atoms. The molecule has 1 aromatic rings. The Morgan fingerprint density at radius 1 is 1.50 bits per heavy atom. The molecule has 0 amide bonds. The Balaban J connectivity index is 0.000000810. The molecule has 52 valence electrons. The minimum Gasteiger partial charge on any atom is -1.00 e. The number of pyridine rings is 1. The van der Waals surface area contributed by atoms with E-state index in [2.05, 4.69) is 4.98 Å². The van der Waals surface area contributed by atoms with Crippen LogP contribution in [0.15, 0.2) is 18.5 Å². The maximum Gasteiger partial charge on any atom is 0.184 e. The van der Waals surface area contributed by atoms with Gasteiger partial charge in [-0.3, -0.25) is 0 Å². The lowest BCUT2D eigenvalue weighted by Gasteiger charge is -1.82. The van der Waals surface area contributed by atoms with Crippen molar-refractivity contribution in [3.63, 3.8) is 0 Å². The minimum atomic E-state index is 0. The fourth-order valence-electron chi connectivity index (χ4n) is 0.656. The van der Waals surface area contributed by atoms with Crippen LogP contribution in [0.1, 0.15) is 11.1 Å². The van der Waals surface area contributed by atoms with E-state index in [1.807, 2.05) is 25.3 Å². The number of halogens is 1. The van der Waals surface area contributed by atoms with Crippen molar-refractivity contribution in [1.29, 1.82) is 5.26 Å². The van der Waals surface area contributed by atoms with Crippen molar-refractivity contribution in [1.82, 2.24) is 0 Å². The second-order valence-corrected chi connectivity index (χ2v) is 1.91. The number of aromatic nitrogens is 1. The van der Waals surface area contributed by atoms with Crippen LogP contribution in [-0.2, 0) is 0 Å². The van der Waals surface area contributed by atoms with Crippen LogP contribution in [0.25, 0.3) is 0 Å². The van der Waals surface area contributed by atoms with Gasteiger partial charge in [-0.15, -0.1) is 0 Å². The maximum absolute atomic E-state index is 8.39. The van der Waals surface area contributed by atoms with Crippen molar-refractivity contribution < 1.29 is 17.4 Å². The average Bonchev–Trinajstić information content (AvgIpc) is 1.88. The first-order chi connectivity index (χ1) is 4.33. The van der Waals surface area contributed by atoms with E-state index >= 15 is 0 Å². The second-order valence-electron chi connectivity index (χ2n) is 1.91. The Labute approximate surface area is 65.9 Å². The summed E-state index contributed by atoms with van der Waals surface area (Å²) in [5.41, 5.74) is 1.75. The number of aryl methyl sites for hydroxylation is 1. The maximum atomic E-state index is 8.39. The molecule has 0 saturated heterocycles. The van der Waals surface area contributed by atoms with Gasteiger partial charge in [0.25, 0.3) is 0 Å². The van der Waals surface area contributed by atoms with E-state index in [4.69, 9.17) is 5.26 Å². The lowest BCUT2D eigenvalue weighted by molar-refractivity contribution is -0.378. The number of hydrogen-bond acceptors (Lipinski definition) is 1. The average molecular weight is 155 g/mol. The van der Waals surface area contributed by atoms with Crippen LogP contribution in [0.2, 0.25) is 0 Å². The highest BCUT2D eigenvalue weighted by Crippen LogP contribution is 1.94. The molecule has 0 unspecified atom stereocenters. The van der Waals surface area contributed by atoms with Crippen LogP contribution in [0.3, 0.4) is 0 Å². The molecular weight excluding hydrogens is 148 g/mol. The van der Waals surface area contributed by atoms with Crippen LogP contribution in [0, 0.1) is 18.3 Å². The van der Waals surface area contributed by atoms with Crippen LogP contribution < -0.4 is 17.4 Å². The van der Waals surface area contributed by atoms with Gasteiger partial charge in [-0.2, -0.15) is 5.26 Å². The molecule has 0 bridgehead atoms. The summed E-state index contributed by atoms with van der Waals surface area (Å²) < 4.78 is 0. The lowest BCUT2D eigenvalue weighted by Crippen LogP contribution is -3.00. The van der Waals surface area contributed by atoms with Gasteiger partial charge in [0.15, 0.2) is 12.4 Å². The topological polar surface area (TPSA) is 37.9 Å². The molecule has 0 aliphatic heterocycles. The minimum absolute atomic E-state index is 0. The number of hydrogen-bond donors (Lipinski definition) is 0. The van der Waals surface area contributed by atoms with E-state index in [0.29, 0.717) is 5.56 Å². The third-order valence-electron chi connectivity index (χ3n) is 1.06. The molecule has 0 aromatic carbocycles. The van der Waals surface area contributed by atoms with Crippen molar-refractivity contribution in [2.24, 2.45) is 0 Å². The zero-order valence-corrected chi connectivity index (χ0v) is 6.31. The van der Waals surface area contributed by atoms with Gasteiger partial charge in [-0.05, 0) is 13.0 Å². The van der Waals surface area contributed by atoms with E-state index in [9.17, 15) is 0 Å². The Bertz CT molecular complexity index is 252. The van der Waals surface area contributed by atoms with Gasteiger partial charge >= 0.3 is 0 Å². The molecule has 1 aromatic heterocycles. The van der Waals surface area contributed by atoms with Crippen LogP contribution in [-0.4, -0.2) is 0 Å². The third kappa shape index (κ3) is 2.04. The lowest BCUT2D eigenvalue weighted by atomic mass is 10.2. The molecule has 1 heterocycles. The van der Waals surface area contributed by atoms with E-state index < -0.39 is 0 Å². The van der Waals surface area contributed by atoms with E-state index in [0.717, 1.165) is 5.56 Å². The first-order valence-electron chi connectivity index (χ1n) is 2.71. The van der Waals surface area contributed by atoms with E-state index in [1.165, 1.54) is 0 Å². The highest BCUT2D eigenvalue weighted by Gasteiger charge is 1.92. The van der Waals surface area contributed by atoms with Crippen molar-refractivity contribution >= 4 is 0 Å². The summed E-state index contributed by atoms with van der Waals surface area (Å²) in [6.45, 7) is 1.94.